The topological polar surface area (TPSA) is 66.8 Å². The van der Waals surface area contributed by atoms with Crippen molar-refractivity contribution >= 4 is 30.2 Å². The molecule has 1 aliphatic heterocycles. The van der Waals surface area contributed by atoms with Crippen molar-refractivity contribution < 1.29 is 19.4 Å². The Hall–Kier alpha value is -2.05. The molecule has 1 aliphatic rings. The number of amides is 1. The molecule has 2 rings (SSSR count). The van der Waals surface area contributed by atoms with Gasteiger partial charge < -0.3 is 14.7 Å². The molecule has 2 atom stereocenters. The van der Waals surface area contributed by atoms with Crippen LogP contribution in [0.1, 0.15) is 97.1 Å². The highest BCUT2D eigenvalue weighted by atomic mass is 32.1. The fourth-order valence-corrected chi connectivity index (χ4v) is 4.37. The third kappa shape index (κ3) is 8.95. The van der Waals surface area contributed by atoms with Crippen LogP contribution in [-0.4, -0.2) is 29.1 Å². The van der Waals surface area contributed by atoms with Crippen LogP contribution in [0.2, 0.25) is 0 Å². The first kappa shape index (κ1) is 28.2. The standard InChI is InChI=1S/C28H41NO4S/c1-5-6-7-11-25(30)22-13-15-24(16-14-22)29-23(17-19-27(29)31)10-8-9-21(4)12-18-26(34)28(32)33-20(2)3/h12-16,18,20,23,25,30,34H,5-11,17,19H2,1-4H3/b21-12+,26-18-/t23-,25-/m0/s1. The number of benzene rings is 1. The highest BCUT2D eigenvalue weighted by molar-refractivity contribution is 7.85. The van der Waals surface area contributed by atoms with E-state index in [1.165, 1.54) is 0 Å². The maximum absolute atomic E-state index is 12.6. The highest BCUT2D eigenvalue weighted by Gasteiger charge is 2.31. The van der Waals surface area contributed by atoms with Gasteiger partial charge in [-0.25, -0.2) is 4.79 Å². The van der Waals surface area contributed by atoms with E-state index in [0.717, 1.165) is 68.2 Å². The minimum absolute atomic E-state index is 0.167. The Balaban J connectivity index is 1.90. The van der Waals surface area contributed by atoms with Crippen LogP contribution in [0.4, 0.5) is 5.69 Å². The van der Waals surface area contributed by atoms with Crippen LogP contribution in [0.25, 0.3) is 0 Å². The lowest BCUT2D eigenvalue weighted by molar-refractivity contribution is -0.141. The zero-order chi connectivity index (χ0) is 25.1. The summed E-state index contributed by atoms with van der Waals surface area (Å²) in [5.74, 6) is -0.248. The van der Waals surface area contributed by atoms with E-state index >= 15 is 0 Å². The van der Waals surface area contributed by atoms with E-state index in [1.807, 2.05) is 56.0 Å². The van der Waals surface area contributed by atoms with E-state index < -0.39 is 12.1 Å². The zero-order valence-electron chi connectivity index (χ0n) is 21.1. The average Bonchev–Trinajstić information content (AvgIpc) is 3.17. The van der Waals surface area contributed by atoms with E-state index in [9.17, 15) is 14.7 Å². The molecule has 5 nitrogen and oxygen atoms in total. The van der Waals surface area contributed by atoms with Gasteiger partial charge >= 0.3 is 5.97 Å². The fourth-order valence-electron chi connectivity index (χ4n) is 4.25. The van der Waals surface area contributed by atoms with Crippen LogP contribution in [0, 0.1) is 0 Å². The third-order valence-electron chi connectivity index (χ3n) is 6.15. The molecule has 1 heterocycles. The monoisotopic (exact) mass is 487 g/mol. The van der Waals surface area contributed by atoms with Gasteiger partial charge in [-0.1, -0.05) is 50.0 Å². The number of carbonyl (C=O) groups excluding carboxylic acids is 2. The number of hydrogen-bond donors (Lipinski definition) is 2. The van der Waals surface area contributed by atoms with Gasteiger partial charge in [0, 0.05) is 18.2 Å². The molecule has 1 N–H and O–H groups in total. The Labute approximate surface area is 210 Å². The lowest BCUT2D eigenvalue weighted by atomic mass is 10.0. The highest BCUT2D eigenvalue weighted by Crippen LogP contribution is 2.31. The first-order chi connectivity index (χ1) is 16.2. The molecule has 0 bridgehead atoms. The van der Waals surface area contributed by atoms with Crippen molar-refractivity contribution in [3.05, 3.63) is 52.5 Å². The third-order valence-corrected chi connectivity index (χ3v) is 6.48. The van der Waals surface area contributed by atoms with Gasteiger partial charge in [0.15, 0.2) is 0 Å². The molecule has 1 amide bonds. The largest absolute Gasteiger partial charge is 0.459 e. The van der Waals surface area contributed by atoms with Gasteiger partial charge in [-0.05, 0) is 76.6 Å². The molecule has 0 spiro atoms. The number of hydrogen-bond acceptors (Lipinski definition) is 5. The molecule has 0 saturated carbocycles. The van der Waals surface area contributed by atoms with Gasteiger partial charge in [0.25, 0.3) is 0 Å². The molecule has 1 aromatic carbocycles. The average molecular weight is 488 g/mol. The Morgan fingerprint density at radius 2 is 1.91 bits per heavy atom. The molecule has 0 unspecified atom stereocenters. The number of allylic oxidation sites excluding steroid dienone is 3. The summed E-state index contributed by atoms with van der Waals surface area (Å²) in [5.41, 5.74) is 2.98. The van der Waals surface area contributed by atoms with E-state index in [0.29, 0.717) is 11.3 Å². The number of ether oxygens (including phenoxy) is 1. The van der Waals surface area contributed by atoms with E-state index in [2.05, 4.69) is 19.6 Å². The van der Waals surface area contributed by atoms with Crippen molar-refractivity contribution in [1.29, 1.82) is 0 Å². The van der Waals surface area contributed by atoms with Gasteiger partial charge in [0.05, 0.1) is 17.1 Å². The number of anilines is 1. The van der Waals surface area contributed by atoms with Crippen molar-refractivity contribution in [3.63, 3.8) is 0 Å². The molecule has 1 aromatic rings. The minimum atomic E-state index is -0.445. The van der Waals surface area contributed by atoms with Crippen LogP contribution >= 0.6 is 12.6 Å². The van der Waals surface area contributed by atoms with Crippen molar-refractivity contribution in [2.45, 2.75) is 104 Å². The van der Waals surface area contributed by atoms with Gasteiger partial charge in [-0.15, -0.1) is 12.6 Å². The lowest BCUT2D eigenvalue weighted by Gasteiger charge is -2.25. The minimum Gasteiger partial charge on any atom is -0.459 e. The molecule has 6 heteroatoms. The van der Waals surface area contributed by atoms with Crippen LogP contribution in [-0.2, 0) is 14.3 Å². The molecule has 1 fully saturated rings. The van der Waals surface area contributed by atoms with Gasteiger partial charge in [0.1, 0.15) is 0 Å². The SMILES string of the molecule is CCCCC[C@H](O)c1ccc(N2C(=O)CC[C@@H]2CCC/C(C)=C/C=C(\S)C(=O)OC(C)C)cc1. The summed E-state index contributed by atoms with van der Waals surface area (Å²) in [6.07, 6.45) is 11.2. The first-order valence-corrected chi connectivity index (χ1v) is 13.0. The molecule has 34 heavy (non-hydrogen) atoms. The summed E-state index contributed by atoms with van der Waals surface area (Å²) in [7, 11) is 0. The number of aliphatic hydroxyl groups is 1. The normalized spacial score (nSPS) is 18.0. The molecule has 188 valence electrons. The van der Waals surface area contributed by atoms with E-state index in [4.69, 9.17) is 4.74 Å². The van der Waals surface area contributed by atoms with Crippen LogP contribution in [0.15, 0.2) is 46.9 Å². The Kier molecular flexibility index (Phi) is 11.9. The smallest absolute Gasteiger partial charge is 0.344 e. The number of thiol groups is 1. The maximum atomic E-state index is 12.6. The molecular weight excluding hydrogens is 446 g/mol. The number of carbonyl (C=O) groups is 2. The zero-order valence-corrected chi connectivity index (χ0v) is 22.0. The molecule has 0 aromatic heterocycles. The number of esters is 1. The molecule has 0 radical (unpaired) electrons. The van der Waals surface area contributed by atoms with Crippen LogP contribution in [0.5, 0.6) is 0 Å². The molecule has 0 aliphatic carbocycles. The van der Waals surface area contributed by atoms with Crippen molar-refractivity contribution in [2.75, 3.05) is 4.90 Å². The quantitative estimate of drug-likeness (QED) is 0.107. The number of nitrogens with zero attached hydrogens (tertiary/aromatic N) is 1. The summed E-state index contributed by atoms with van der Waals surface area (Å²) >= 11 is 4.22. The van der Waals surface area contributed by atoms with Gasteiger partial charge in [-0.3, -0.25) is 4.79 Å². The maximum Gasteiger partial charge on any atom is 0.344 e. The van der Waals surface area contributed by atoms with Crippen LogP contribution in [0.3, 0.4) is 0 Å². The summed E-state index contributed by atoms with van der Waals surface area (Å²) in [4.78, 5) is 26.6. The van der Waals surface area contributed by atoms with Crippen molar-refractivity contribution in [1.82, 2.24) is 0 Å². The van der Waals surface area contributed by atoms with E-state index in [-0.39, 0.29) is 18.1 Å². The summed E-state index contributed by atoms with van der Waals surface area (Å²) in [5, 5.41) is 10.4. The second kappa shape index (κ2) is 14.4. The predicted octanol–water partition coefficient (Wildman–Crippen LogP) is 6.68. The number of aliphatic hydroxyl groups excluding tert-OH is 1. The fraction of sp³-hybridized carbons (Fsp3) is 0.571. The number of unbranched alkanes of at least 4 members (excludes halogenated alkanes) is 2. The molecule has 1 saturated heterocycles. The van der Waals surface area contributed by atoms with Crippen molar-refractivity contribution in [3.8, 4) is 0 Å². The van der Waals surface area contributed by atoms with Gasteiger partial charge in [-0.2, -0.15) is 0 Å². The predicted molar refractivity (Wildman–Crippen MR) is 142 cm³/mol. The number of rotatable bonds is 13. The van der Waals surface area contributed by atoms with Crippen LogP contribution < -0.4 is 4.90 Å². The Morgan fingerprint density at radius 1 is 1.21 bits per heavy atom. The Bertz CT molecular complexity index is 860. The first-order valence-electron chi connectivity index (χ1n) is 12.6. The summed E-state index contributed by atoms with van der Waals surface area (Å²) < 4.78 is 5.13. The van der Waals surface area contributed by atoms with E-state index in [1.54, 1.807) is 6.08 Å². The lowest BCUT2D eigenvalue weighted by Crippen LogP contribution is -2.32. The summed E-state index contributed by atoms with van der Waals surface area (Å²) in [6.45, 7) is 7.81. The second-order valence-corrected chi connectivity index (χ2v) is 9.95. The summed E-state index contributed by atoms with van der Waals surface area (Å²) in [6, 6.07) is 8.03. The molecular formula is C28H41NO4S. The second-order valence-electron chi connectivity index (χ2n) is 9.47. The van der Waals surface area contributed by atoms with Crippen molar-refractivity contribution in [2.24, 2.45) is 0 Å². The Morgan fingerprint density at radius 3 is 2.56 bits per heavy atom. The van der Waals surface area contributed by atoms with Gasteiger partial charge in [0.2, 0.25) is 5.91 Å².